The molecule has 0 unspecified atom stereocenters. The van der Waals surface area contributed by atoms with Crippen LogP contribution in [0.2, 0.25) is 10.0 Å². The van der Waals surface area contributed by atoms with E-state index in [9.17, 15) is 9.59 Å². The van der Waals surface area contributed by atoms with Crippen LogP contribution in [0, 0.1) is 0 Å². The molecule has 0 fully saturated rings. The average molecular weight is 489 g/mol. The molecule has 2 aromatic carbocycles. The minimum absolute atomic E-state index is 0.0360. The molecule has 0 aliphatic heterocycles. The second kappa shape index (κ2) is 11.9. The molecular formula is C23H22Cl2N4O2S. The molecule has 0 aliphatic carbocycles. The van der Waals surface area contributed by atoms with E-state index < -0.39 is 11.9 Å². The molecule has 32 heavy (non-hydrogen) atoms. The number of aromatic nitrogens is 2. The van der Waals surface area contributed by atoms with Crippen LogP contribution in [0.4, 0.5) is 5.69 Å². The van der Waals surface area contributed by atoms with Crippen LogP contribution in [-0.2, 0) is 11.2 Å². The Labute approximate surface area is 201 Å². The Morgan fingerprint density at radius 2 is 1.88 bits per heavy atom. The summed E-state index contributed by atoms with van der Waals surface area (Å²) in [5.74, 6) is -0.102. The molecule has 3 rings (SSSR count). The Balaban J connectivity index is 1.81. The van der Waals surface area contributed by atoms with Crippen molar-refractivity contribution < 1.29 is 9.59 Å². The smallest absolute Gasteiger partial charge is 0.272 e. The van der Waals surface area contributed by atoms with Gasteiger partial charge in [0.1, 0.15) is 6.04 Å². The number of carbonyl (C=O) groups excluding carboxylic acids is 2. The van der Waals surface area contributed by atoms with Gasteiger partial charge in [-0.1, -0.05) is 78.3 Å². The maximum Gasteiger partial charge on any atom is 0.272 e. The lowest BCUT2D eigenvalue weighted by Gasteiger charge is -2.19. The minimum Gasteiger partial charge on any atom is -0.338 e. The second-order valence-electron chi connectivity index (χ2n) is 6.91. The Morgan fingerprint density at radius 3 is 2.59 bits per heavy atom. The zero-order valence-electron chi connectivity index (χ0n) is 17.3. The highest BCUT2D eigenvalue weighted by Gasteiger charge is 2.24. The number of carbonyl (C=O) groups is 2. The van der Waals surface area contributed by atoms with Gasteiger partial charge in [0.25, 0.3) is 5.91 Å². The first-order chi connectivity index (χ1) is 15.5. The highest BCUT2D eigenvalue weighted by molar-refractivity contribution is 7.99. The van der Waals surface area contributed by atoms with Gasteiger partial charge in [0.15, 0.2) is 10.9 Å². The number of nitrogens with zero attached hydrogens (tertiary/aromatic N) is 2. The molecule has 0 saturated heterocycles. The van der Waals surface area contributed by atoms with E-state index in [2.05, 4.69) is 20.6 Å². The predicted molar refractivity (Wildman–Crippen MR) is 130 cm³/mol. The zero-order valence-corrected chi connectivity index (χ0v) is 19.7. The van der Waals surface area contributed by atoms with E-state index in [4.69, 9.17) is 23.2 Å². The maximum atomic E-state index is 13.0. The number of hydrogen-bond acceptors (Lipinski definition) is 5. The first kappa shape index (κ1) is 24.0. The number of nitrogens with one attached hydrogen (secondary N) is 2. The third kappa shape index (κ3) is 6.95. The highest BCUT2D eigenvalue weighted by Crippen LogP contribution is 2.20. The molecule has 0 aliphatic rings. The molecule has 6 nitrogen and oxygen atoms in total. The quantitative estimate of drug-likeness (QED) is 0.316. The van der Waals surface area contributed by atoms with Crippen molar-refractivity contribution in [1.29, 1.82) is 0 Å². The van der Waals surface area contributed by atoms with Gasteiger partial charge in [-0.25, -0.2) is 9.97 Å². The minimum atomic E-state index is -0.860. The summed E-state index contributed by atoms with van der Waals surface area (Å²) in [5, 5.41) is 6.66. The van der Waals surface area contributed by atoms with Gasteiger partial charge in [-0.05, 0) is 30.2 Å². The molecular weight excluding hydrogens is 467 g/mol. The van der Waals surface area contributed by atoms with Crippen molar-refractivity contribution in [2.24, 2.45) is 0 Å². The van der Waals surface area contributed by atoms with E-state index >= 15 is 0 Å². The number of hydrogen-bond donors (Lipinski definition) is 2. The van der Waals surface area contributed by atoms with Crippen LogP contribution in [-0.4, -0.2) is 33.6 Å². The summed E-state index contributed by atoms with van der Waals surface area (Å²) < 4.78 is 0. The summed E-state index contributed by atoms with van der Waals surface area (Å²) in [6, 6.07) is 15.4. The first-order valence-electron chi connectivity index (χ1n) is 10.0. The third-order valence-electron chi connectivity index (χ3n) is 4.37. The van der Waals surface area contributed by atoms with Gasteiger partial charge in [-0.2, -0.15) is 0 Å². The summed E-state index contributed by atoms with van der Waals surface area (Å²) >= 11 is 13.6. The normalized spacial score (nSPS) is 11.6. The van der Waals surface area contributed by atoms with Crippen molar-refractivity contribution in [3.8, 4) is 0 Å². The van der Waals surface area contributed by atoms with E-state index in [-0.39, 0.29) is 16.6 Å². The van der Waals surface area contributed by atoms with Gasteiger partial charge in [0.2, 0.25) is 5.91 Å². The summed E-state index contributed by atoms with van der Waals surface area (Å²) in [6.45, 7) is 2.04. The Hall–Kier alpha value is -2.61. The van der Waals surface area contributed by atoms with E-state index in [0.717, 1.165) is 17.7 Å². The van der Waals surface area contributed by atoms with Crippen LogP contribution in [0.3, 0.4) is 0 Å². The van der Waals surface area contributed by atoms with Crippen LogP contribution in [0.1, 0.15) is 29.4 Å². The molecule has 1 atom stereocenters. The Bertz CT molecular complexity index is 1080. The van der Waals surface area contributed by atoms with Crippen LogP contribution in [0.15, 0.2) is 66.0 Å². The lowest BCUT2D eigenvalue weighted by molar-refractivity contribution is -0.118. The van der Waals surface area contributed by atoms with E-state index in [1.165, 1.54) is 18.0 Å². The number of amides is 2. The Morgan fingerprint density at radius 1 is 1.09 bits per heavy atom. The summed E-state index contributed by atoms with van der Waals surface area (Å²) in [7, 11) is 0. The standard InChI is InChI=1S/C23H22Cl2N4O2S/c1-2-11-32-23-26-14-18(25)20(29-23)22(31)28-19(12-15-7-4-3-5-8-15)21(30)27-17-10-6-9-16(24)13-17/h3-10,13-14,19H,2,11-12H2,1H3,(H,27,30)(H,28,31)/t19-/m0/s1. The third-order valence-corrected chi connectivity index (χ3v) is 5.95. The number of anilines is 1. The van der Waals surface area contributed by atoms with Crippen LogP contribution >= 0.6 is 35.0 Å². The van der Waals surface area contributed by atoms with Gasteiger partial charge in [-0.15, -0.1) is 0 Å². The monoisotopic (exact) mass is 488 g/mol. The number of rotatable bonds is 9. The molecule has 0 spiro atoms. The van der Waals surface area contributed by atoms with Crippen molar-refractivity contribution in [3.63, 3.8) is 0 Å². The Kier molecular flexibility index (Phi) is 8.90. The van der Waals surface area contributed by atoms with Gasteiger partial charge in [0.05, 0.1) is 11.2 Å². The molecule has 2 N–H and O–H groups in total. The van der Waals surface area contributed by atoms with E-state index in [1.54, 1.807) is 24.3 Å². The van der Waals surface area contributed by atoms with Crippen molar-refractivity contribution in [2.75, 3.05) is 11.1 Å². The molecule has 9 heteroatoms. The molecule has 0 saturated carbocycles. The van der Waals surface area contributed by atoms with Crippen molar-refractivity contribution in [2.45, 2.75) is 31.0 Å². The average Bonchev–Trinajstić information content (AvgIpc) is 2.78. The van der Waals surface area contributed by atoms with Crippen LogP contribution < -0.4 is 10.6 Å². The van der Waals surface area contributed by atoms with E-state index in [1.807, 2.05) is 37.3 Å². The fourth-order valence-corrected chi connectivity index (χ4v) is 3.89. The second-order valence-corrected chi connectivity index (χ2v) is 8.82. The van der Waals surface area contributed by atoms with Gasteiger partial charge >= 0.3 is 0 Å². The van der Waals surface area contributed by atoms with Crippen LogP contribution in [0.5, 0.6) is 0 Å². The molecule has 2 amide bonds. The molecule has 1 heterocycles. The first-order valence-corrected chi connectivity index (χ1v) is 11.8. The molecule has 0 radical (unpaired) electrons. The molecule has 3 aromatic rings. The molecule has 166 valence electrons. The molecule has 1 aromatic heterocycles. The lowest BCUT2D eigenvalue weighted by atomic mass is 10.0. The zero-order chi connectivity index (χ0) is 22.9. The fourth-order valence-electron chi connectivity index (χ4n) is 2.85. The fraction of sp³-hybridized carbons (Fsp3) is 0.217. The summed E-state index contributed by atoms with van der Waals surface area (Å²) in [4.78, 5) is 34.5. The largest absolute Gasteiger partial charge is 0.338 e. The summed E-state index contributed by atoms with van der Waals surface area (Å²) in [6.07, 6.45) is 2.64. The lowest BCUT2D eigenvalue weighted by Crippen LogP contribution is -2.45. The summed E-state index contributed by atoms with van der Waals surface area (Å²) in [5.41, 5.74) is 1.47. The van der Waals surface area contributed by atoms with Crippen LogP contribution in [0.25, 0.3) is 0 Å². The van der Waals surface area contributed by atoms with Crippen molar-refractivity contribution in [3.05, 3.63) is 82.1 Å². The maximum absolute atomic E-state index is 13.0. The van der Waals surface area contributed by atoms with Gasteiger partial charge < -0.3 is 10.6 Å². The van der Waals surface area contributed by atoms with Gasteiger partial charge in [0, 0.05) is 22.9 Å². The number of halogens is 2. The predicted octanol–water partition coefficient (Wildman–Crippen LogP) is 5.27. The number of thioether (sulfide) groups is 1. The van der Waals surface area contributed by atoms with Gasteiger partial charge in [-0.3, -0.25) is 9.59 Å². The van der Waals surface area contributed by atoms with E-state index in [0.29, 0.717) is 22.3 Å². The molecule has 0 bridgehead atoms. The number of benzene rings is 2. The van der Waals surface area contributed by atoms with Crippen molar-refractivity contribution >= 4 is 52.5 Å². The highest BCUT2D eigenvalue weighted by atomic mass is 35.5. The van der Waals surface area contributed by atoms with Crippen molar-refractivity contribution in [1.82, 2.24) is 15.3 Å². The topological polar surface area (TPSA) is 84.0 Å². The SMILES string of the molecule is CCCSc1ncc(Cl)c(C(=O)N[C@@H](Cc2ccccc2)C(=O)Nc2cccc(Cl)c2)n1.